The number of anilines is 1. The summed E-state index contributed by atoms with van der Waals surface area (Å²) in [5.41, 5.74) is 5.06. The molecule has 32 heavy (non-hydrogen) atoms. The SMILES string of the molecule is N#CS[N+]1(NC(=O)C2=NN(c3ccc(Cl)cc3Cl)C(c3ccc(Cl)cc3)C2)CCCCC1. The monoisotopic (exact) mass is 508 g/mol. The minimum Gasteiger partial charge on any atom is -0.263 e. The number of hydrazone groups is 1. The molecule has 1 saturated heterocycles. The van der Waals surface area contributed by atoms with Crippen LogP contribution in [0.3, 0.4) is 0 Å². The molecule has 2 aromatic carbocycles. The Morgan fingerprint density at radius 1 is 1.09 bits per heavy atom. The third kappa shape index (κ3) is 5.00. The van der Waals surface area contributed by atoms with Crippen LogP contribution < -0.4 is 10.4 Å². The molecule has 0 spiro atoms. The molecule has 0 aliphatic carbocycles. The predicted molar refractivity (Wildman–Crippen MR) is 130 cm³/mol. The van der Waals surface area contributed by atoms with Crippen molar-refractivity contribution in [2.24, 2.45) is 5.10 Å². The summed E-state index contributed by atoms with van der Waals surface area (Å²) in [5, 5.41) is 19.5. The van der Waals surface area contributed by atoms with Crippen LogP contribution >= 0.6 is 46.8 Å². The van der Waals surface area contributed by atoms with Crippen LogP contribution in [0.5, 0.6) is 0 Å². The van der Waals surface area contributed by atoms with Gasteiger partial charge in [0, 0.05) is 29.3 Å². The average molecular weight is 510 g/mol. The molecular formula is C22H21Cl3N5OS+. The third-order valence-corrected chi connectivity index (χ3v) is 7.32. The fourth-order valence-corrected chi connectivity index (χ4v) is 5.40. The van der Waals surface area contributed by atoms with Crippen molar-refractivity contribution >= 4 is 64.1 Å². The topological polar surface area (TPSA) is 68.5 Å². The molecule has 1 amide bonds. The van der Waals surface area contributed by atoms with Crippen LogP contribution in [0.25, 0.3) is 0 Å². The Kier molecular flexibility index (Phi) is 7.18. The van der Waals surface area contributed by atoms with Crippen LogP contribution in [0.4, 0.5) is 5.69 Å². The first-order valence-electron chi connectivity index (χ1n) is 10.3. The van der Waals surface area contributed by atoms with Gasteiger partial charge in [-0.05, 0) is 42.3 Å². The first-order valence-corrected chi connectivity index (χ1v) is 12.2. The van der Waals surface area contributed by atoms with E-state index in [9.17, 15) is 10.1 Å². The highest BCUT2D eigenvalue weighted by Crippen LogP contribution is 2.40. The smallest absolute Gasteiger partial charge is 0.263 e. The van der Waals surface area contributed by atoms with Crippen LogP contribution in [0.15, 0.2) is 47.6 Å². The van der Waals surface area contributed by atoms with Crippen molar-refractivity contribution in [3.8, 4) is 5.40 Å². The maximum atomic E-state index is 13.3. The molecular weight excluding hydrogens is 489 g/mol. The molecule has 0 aromatic heterocycles. The molecule has 2 aliphatic heterocycles. The van der Waals surface area contributed by atoms with Crippen LogP contribution in [-0.4, -0.2) is 28.7 Å². The van der Waals surface area contributed by atoms with Crippen molar-refractivity contribution in [2.45, 2.75) is 31.7 Å². The third-order valence-electron chi connectivity index (χ3n) is 5.64. The van der Waals surface area contributed by atoms with E-state index in [4.69, 9.17) is 34.8 Å². The van der Waals surface area contributed by atoms with Crippen LogP contribution in [-0.2, 0) is 4.79 Å². The number of nitriles is 1. The number of hydrogen-bond acceptors (Lipinski definition) is 5. The highest BCUT2D eigenvalue weighted by molar-refractivity contribution is 7.98. The minimum atomic E-state index is -0.277. The van der Waals surface area contributed by atoms with Crippen molar-refractivity contribution in [1.29, 1.82) is 5.26 Å². The molecule has 1 atom stereocenters. The number of nitrogens with one attached hydrogen (secondary N) is 1. The van der Waals surface area contributed by atoms with Gasteiger partial charge >= 0.3 is 5.91 Å². The van der Waals surface area contributed by atoms with E-state index in [1.807, 2.05) is 24.3 Å². The van der Waals surface area contributed by atoms with E-state index in [2.05, 4.69) is 15.9 Å². The first kappa shape index (κ1) is 23.2. The molecule has 2 heterocycles. The lowest BCUT2D eigenvalue weighted by molar-refractivity contribution is -0.836. The molecule has 1 unspecified atom stereocenters. The maximum absolute atomic E-state index is 13.3. The van der Waals surface area contributed by atoms with E-state index < -0.39 is 0 Å². The van der Waals surface area contributed by atoms with Crippen LogP contribution in [0, 0.1) is 10.7 Å². The van der Waals surface area contributed by atoms with Gasteiger partial charge < -0.3 is 0 Å². The summed E-state index contributed by atoms with van der Waals surface area (Å²) in [6, 6.07) is 12.4. The van der Waals surface area contributed by atoms with Crippen molar-refractivity contribution in [3.63, 3.8) is 0 Å². The summed E-state index contributed by atoms with van der Waals surface area (Å²) in [6.07, 6.45) is 3.41. The zero-order chi connectivity index (χ0) is 22.7. The standard InChI is InChI=1S/C22H20Cl3N5OS/c23-16-6-4-15(5-7-16)21-13-19(27-29(21)20-9-8-17(24)12-18(20)25)22(31)28-30(32-14-26)10-2-1-3-11-30/h4-9,12,21H,1-3,10-11,13H2/p+1. The Morgan fingerprint density at radius 2 is 1.78 bits per heavy atom. The normalized spacial score (nSPS) is 19.9. The number of nitrogens with zero attached hydrogens (tertiary/aromatic N) is 4. The number of quaternary nitrogens is 1. The van der Waals surface area contributed by atoms with Crippen molar-refractivity contribution in [3.05, 3.63) is 63.1 Å². The average Bonchev–Trinajstić information content (AvgIpc) is 3.20. The summed E-state index contributed by atoms with van der Waals surface area (Å²) in [6.45, 7) is 1.43. The van der Waals surface area contributed by atoms with Gasteiger partial charge in [-0.2, -0.15) is 15.8 Å². The first-order chi connectivity index (χ1) is 15.4. The van der Waals surface area contributed by atoms with Crippen molar-refractivity contribution in [1.82, 2.24) is 5.43 Å². The molecule has 0 saturated carbocycles. The lowest BCUT2D eigenvalue weighted by Gasteiger charge is -2.35. The van der Waals surface area contributed by atoms with Gasteiger partial charge in [0.25, 0.3) is 0 Å². The largest absolute Gasteiger partial charge is 0.313 e. The Morgan fingerprint density at radius 3 is 2.44 bits per heavy atom. The summed E-state index contributed by atoms with van der Waals surface area (Å²) in [5.74, 6) is -0.277. The Labute approximate surface area is 206 Å². The number of carbonyl (C=O) groups is 1. The molecule has 0 radical (unpaired) electrons. The predicted octanol–water partition coefficient (Wildman–Crippen LogP) is 6.12. The molecule has 2 aliphatic rings. The van der Waals surface area contributed by atoms with Crippen LogP contribution in [0.2, 0.25) is 15.1 Å². The van der Waals surface area contributed by atoms with Crippen molar-refractivity contribution < 1.29 is 8.79 Å². The number of rotatable bonds is 5. The van der Waals surface area contributed by atoms with Gasteiger partial charge in [-0.1, -0.05) is 46.9 Å². The van der Waals surface area contributed by atoms with E-state index >= 15 is 0 Å². The second-order valence-electron chi connectivity index (χ2n) is 7.78. The molecule has 4 rings (SSSR count). The molecule has 0 bridgehead atoms. The number of carbonyl (C=O) groups excluding carboxylic acids is 1. The van der Waals surface area contributed by atoms with Gasteiger partial charge in [-0.3, -0.25) is 9.80 Å². The summed E-state index contributed by atoms with van der Waals surface area (Å²) in [4.78, 5) is 13.3. The van der Waals surface area contributed by atoms with Crippen molar-refractivity contribution in [2.75, 3.05) is 18.1 Å². The fourth-order valence-electron chi connectivity index (χ4n) is 4.06. The van der Waals surface area contributed by atoms with Gasteiger partial charge in [0.2, 0.25) is 11.9 Å². The minimum absolute atomic E-state index is 0.196. The lowest BCUT2D eigenvalue weighted by atomic mass is 10.0. The number of piperidine rings is 1. The Balaban J connectivity index is 1.65. The summed E-state index contributed by atoms with van der Waals surface area (Å²) in [7, 11) is 0. The molecule has 1 fully saturated rings. The number of thiocyanates is 1. The summed E-state index contributed by atoms with van der Waals surface area (Å²) < 4.78 is 0.196. The number of halogens is 3. The van der Waals surface area contributed by atoms with Gasteiger partial charge in [0.15, 0.2) is 5.40 Å². The lowest BCUT2D eigenvalue weighted by Crippen LogP contribution is -2.58. The van der Waals surface area contributed by atoms with Gasteiger partial charge in [-0.15, -0.1) is 4.00 Å². The zero-order valence-corrected chi connectivity index (χ0v) is 20.2. The Hall–Kier alpha value is -1.95. The fraction of sp³-hybridized carbons (Fsp3) is 0.318. The number of amides is 1. The molecule has 10 heteroatoms. The van der Waals surface area contributed by atoms with E-state index in [-0.39, 0.29) is 15.9 Å². The number of hydrogen-bond donors (Lipinski definition) is 1. The van der Waals surface area contributed by atoms with Gasteiger partial charge in [0.1, 0.15) is 18.8 Å². The second-order valence-corrected chi connectivity index (χ2v) is 10.1. The van der Waals surface area contributed by atoms with Crippen LogP contribution in [0.1, 0.15) is 37.3 Å². The zero-order valence-electron chi connectivity index (χ0n) is 17.1. The second kappa shape index (κ2) is 9.90. The van der Waals surface area contributed by atoms with Gasteiger partial charge in [0.05, 0.1) is 16.8 Å². The quantitative estimate of drug-likeness (QED) is 0.300. The maximum Gasteiger partial charge on any atom is 0.313 e. The summed E-state index contributed by atoms with van der Waals surface area (Å²) >= 11 is 19.7. The molecule has 2 aromatic rings. The number of benzene rings is 2. The molecule has 1 N–H and O–H groups in total. The van der Waals surface area contributed by atoms with E-state index in [1.165, 1.54) is 0 Å². The van der Waals surface area contributed by atoms with E-state index in [0.29, 0.717) is 46.0 Å². The highest BCUT2D eigenvalue weighted by Gasteiger charge is 2.39. The molecule has 166 valence electrons. The van der Waals surface area contributed by atoms with E-state index in [1.54, 1.807) is 23.2 Å². The highest BCUT2D eigenvalue weighted by atomic mass is 35.5. The Bertz CT molecular complexity index is 1080. The molecule has 6 nitrogen and oxygen atoms in total. The van der Waals surface area contributed by atoms with E-state index in [0.717, 1.165) is 36.8 Å². The van der Waals surface area contributed by atoms with Gasteiger partial charge in [-0.25, -0.2) is 0 Å².